The van der Waals surface area contributed by atoms with Gasteiger partial charge in [-0.1, -0.05) is 13.8 Å². The van der Waals surface area contributed by atoms with Gasteiger partial charge in [-0.3, -0.25) is 9.59 Å². The molecule has 1 fully saturated rings. The van der Waals surface area contributed by atoms with E-state index in [0.29, 0.717) is 13.1 Å². The van der Waals surface area contributed by atoms with Crippen molar-refractivity contribution in [3.8, 4) is 0 Å². The molecule has 1 aromatic heterocycles. The number of hydrogen-bond donors (Lipinski definition) is 1. The van der Waals surface area contributed by atoms with Crippen molar-refractivity contribution in [2.75, 3.05) is 13.1 Å². The summed E-state index contributed by atoms with van der Waals surface area (Å²) in [4.78, 5) is 29.7. The van der Waals surface area contributed by atoms with Gasteiger partial charge in [-0.15, -0.1) is 0 Å². The number of rotatable bonds is 4. The van der Waals surface area contributed by atoms with Gasteiger partial charge in [0.05, 0.1) is 6.54 Å². The van der Waals surface area contributed by atoms with Crippen molar-refractivity contribution in [3.05, 3.63) is 18.2 Å². The molecule has 1 N–H and O–H groups in total. The third kappa shape index (κ3) is 2.77. The van der Waals surface area contributed by atoms with E-state index in [2.05, 4.69) is 10.3 Å². The van der Waals surface area contributed by atoms with Gasteiger partial charge >= 0.3 is 0 Å². The molecule has 19 heavy (non-hydrogen) atoms. The second-order valence-electron chi connectivity index (χ2n) is 5.16. The van der Waals surface area contributed by atoms with E-state index in [-0.39, 0.29) is 30.3 Å². The predicted octanol–water partition coefficient (Wildman–Crippen LogP) is 0.175. The first-order chi connectivity index (χ1) is 9.00. The van der Waals surface area contributed by atoms with Crippen LogP contribution in [0.4, 0.5) is 0 Å². The maximum Gasteiger partial charge on any atom is 0.243 e. The average molecular weight is 264 g/mol. The minimum absolute atomic E-state index is 0.0175. The molecule has 6 heteroatoms. The van der Waals surface area contributed by atoms with E-state index in [0.717, 1.165) is 5.82 Å². The van der Waals surface area contributed by atoms with Crippen molar-refractivity contribution < 1.29 is 9.59 Å². The van der Waals surface area contributed by atoms with E-state index in [1.807, 2.05) is 31.5 Å². The quantitative estimate of drug-likeness (QED) is 0.843. The van der Waals surface area contributed by atoms with Gasteiger partial charge in [0.2, 0.25) is 11.8 Å². The van der Waals surface area contributed by atoms with E-state index < -0.39 is 0 Å². The molecule has 0 aliphatic carbocycles. The molecule has 0 spiro atoms. The topological polar surface area (TPSA) is 67.2 Å². The maximum atomic E-state index is 12.0. The fourth-order valence-electron chi connectivity index (χ4n) is 2.45. The van der Waals surface area contributed by atoms with Crippen molar-refractivity contribution in [1.29, 1.82) is 0 Å². The summed E-state index contributed by atoms with van der Waals surface area (Å²) < 4.78 is 1.98. The summed E-state index contributed by atoms with van der Waals surface area (Å²) in [5, 5.41) is 2.65. The summed E-state index contributed by atoms with van der Waals surface area (Å²) in [6, 6.07) is -0.370. The zero-order valence-corrected chi connectivity index (χ0v) is 11.6. The summed E-state index contributed by atoms with van der Waals surface area (Å²) in [6.07, 6.45) is 3.62. The Morgan fingerprint density at radius 3 is 2.74 bits per heavy atom. The number of nitrogens with one attached hydrogen (secondary N) is 1. The Labute approximate surface area is 112 Å². The molecule has 2 rings (SSSR count). The standard InChI is InChI=1S/C13H20N4O2/c1-9(2)12-13(19)15-8-11(18)17(12)7-6-16-5-4-14-10(16)3/h4-5,9,12H,6-8H2,1-3H3,(H,15,19). The summed E-state index contributed by atoms with van der Waals surface area (Å²) in [6.45, 7) is 7.13. The zero-order valence-electron chi connectivity index (χ0n) is 11.6. The van der Waals surface area contributed by atoms with Gasteiger partial charge in [0, 0.05) is 25.5 Å². The van der Waals surface area contributed by atoms with Crippen LogP contribution in [0.5, 0.6) is 0 Å². The molecule has 1 unspecified atom stereocenters. The molecular weight excluding hydrogens is 244 g/mol. The molecule has 0 radical (unpaired) electrons. The predicted molar refractivity (Wildman–Crippen MR) is 70.3 cm³/mol. The number of piperazine rings is 1. The Morgan fingerprint density at radius 2 is 2.16 bits per heavy atom. The van der Waals surface area contributed by atoms with Crippen LogP contribution in [0.3, 0.4) is 0 Å². The van der Waals surface area contributed by atoms with Crippen LogP contribution in [-0.4, -0.2) is 45.4 Å². The third-order valence-electron chi connectivity index (χ3n) is 3.48. The molecule has 1 atom stereocenters. The molecule has 1 aliphatic heterocycles. The molecule has 2 amide bonds. The molecule has 0 aromatic carbocycles. The van der Waals surface area contributed by atoms with Crippen LogP contribution in [0.2, 0.25) is 0 Å². The van der Waals surface area contributed by atoms with Crippen molar-refractivity contribution in [2.24, 2.45) is 5.92 Å². The fourth-order valence-corrected chi connectivity index (χ4v) is 2.45. The highest BCUT2D eigenvalue weighted by molar-refractivity contribution is 5.94. The number of nitrogens with zero attached hydrogens (tertiary/aromatic N) is 3. The average Bonchev–Trinajstić information content (AvgIpc) is 2.75. The van der Waals surface area contributed by atoms with Crippen LogP contribution in [0.1, 0.15) is 19.7 Å². The fraction of sp³-hybridized carbons (Fsp3) is 0.615. The monoisotopic (exact) mass is 264 g/mol. The van der Waals surface area contributed by atoms with E-state index in [4.69, 9.17) is 0 Å². The van der Waals surface area contributed by atoms with E-state index in [1.165, 1.54) is 0 Å². The second-order valence-corrected chi connectivity index (χ2v) is 5.16. The van der Waals surface area contributed by atoms with E-state index in [9.17, 15) is 9.59 Å². The van der Waals surface area contributed by atoms with E-state index >= 15 is 0 Å². The van der Waals surface area contributed by atoms with Gasteiger partial charge in [-0.05, 0) is 12.8 Å². The first-order valence-corrected chi connectivity index (χ1v) is 6.55. The molecule has 0 saturated carbocycles. The van der Waals surface area contributed by atoms with Gasteiger partial charge in [-0.2, -0.15) is 0 Å². The van der Waals surface area contributed by atoms with Crippen LogP contribution in [0.15, 0.2) is 12.4 Å². The molecule has 0 bridgehead atoms. The van der Waals surface area contributed by atoms with Crippen LogP contribution < -0.4 is 5.32 Å². The first kappa shape index (κ1) is 13.6. The van der Waals surface area contributed by atoms with Gasteiger partial charge in [-0.25, -0.2) is 4.98 Å². The molecule has 1 saturated heterocycles. The van der Waals surface area contributed by atoms with Gasteiger partial charge in [0.15, 0.2) is 0 Å². The SMILES string of the molecule is Cc1nccn1CCN1C(=O)CNC(=O)C1C(C)C. The molecule has 1 aromatic rings. The number of hydrogen-bond acceptors (Lipinski definition) is 3. The van der Waals surface area contributed by atoms with Crippen LogP contribution in [0, 0.1) is 12.8 Å². The minimum Gasteiger partial charge on any atom is -0.345 e. The molecule has 1 aliphatic rings. The number of carbonyl (C=O) groups is 2. The van der Waals surface area contributed by atoms with Crippen LogP contribution in [0.25, 0.3) is 0 Å². The largest absolute Gasteiger partial charge is 0.345 e. The summed E-state index contributed by atoms with van der Waals surface area (Å²) in [5.74, 6) is 0.941. The Balaban J connectivity index is 2.08. The summed E-state index contributed by atoms with van der Waals surface area (Å²) >= 11 is 0. The smallest absolute Gasteiger partial charge is 0.243 e. The van der Waals surface area contributed by atoms with Gasteiger partial charge in [0.1, 0.15) is 11.9 Å². The number of amides is 2. The lowest BCUT2D eigenvalue weighted by molar-refractivity contribution is -0.147. The summed E-state index contributed by atoms with van der Waals surface area (Å²) in [5.41, 5.74) is 0. The molecule has 6 nitrogen and oxygen atoms in total. The molecular formula is C13H20N4O2. The highest BCUT2D eigenvalue weighted by Crippen LogP contribution is 2.15. The highest BCUT2D eigenvalue weighted by atomic mass is 16.2. The number of carbonyl (C=O) groups excluding carboxylic acids is 2. The number of imidazole rings is 1. The Hall–Kier alpha value is -1.85. The lowest BCUT2D eigenvalue weighted by atomic mass is 9.99. The van der Waals surface area contributed by atoms with Crippen molar-refractivity contribution in [3.63, 3.8) is 0 Å². The van der Waals surface area contributed by atoms with Gasteiger partial charge < -0.3 is 14.8 Å². The highest BCUT2D eigenvalue weighted by Gasteiger charge is 2.36. The third-order valence-corrected chi connectivity index (χ3v) is 3.48. The molecule has 2 heterocycles. The number of aromatic nitrogens is 2. The van der Waals surface area contributed by atoms with Crippen LogP contribution in [-0.2, 0) is 16.1 Å². The zero-order chi connectivity index (χ0) is 14.0. The lowest BCUT2D eigenvalue weighted by Gasteiger charge is -2.37. The van der Waals surface area contributed by atoms with Crippen molar-refractivity contribution >= 4 is 11.8 Å². The Bertz CT molecular complexity index is 481. The van der Waals surface area contributed by atoms with Crippen LogP contribution >= 0.6 is 0 Å². The number of aryl methyl sites for hydroxylation is 1. The Kier molecular flexibility index (Phi) is 3.87. The van der Waals surface area contributed by atoms with Crippen molar-refractivity contribution in [2.45, 2.75) is 33.4 Å². The first-order valence-electron chi connectivity index (χ1n) is 6.55. The maximum absolute atomic E-state index is 12.0. The normalized spacial score (nSPS) is 20.0. The second kappa shape index (κ2) is 5.42. The van der Waals surface area contributed by atoms with E-state index in [1.54, 1.807) is 11.1 Å². The summed E-state index contributed by atoms with van der Waals surface area (Å²) in [7, 11) is 0. The Morgan fingerprint density at radius 1 is 1.42 bits per heavy atom. The molecule has 104 valence electrons. The van der Waals surface area contributed by atoms with Gasteiger partial charge in [0.25, 0.3) is 0 Å². The minimum atomic E-state index is -0.370. The van der Waals surface area contributed by atoms with Crippen molar-refractivity contribution in [1.82, 2.24) is 19.8 Å². The lowest BCUT2D eigenvalue weighted by Crippen LogP contribution is -2.60.